The van der Waals surface area contributed by atoms with Gasteiger partial charge < -0.3 is 5.73 Å². The SMILES string of the molecule is CC(N)CC(C)(C)Cc1ccc(Cl)c(F)c1. The van der Waals surface area contributed by atoms with Gasteiger partial charge in [-0.2, -0.15) is 0 Å². The normalized spacial score (nSPS) is 13.9. The van der Waals surface area contributed by atoms with Gasteiger partial charge in [-0.05, 0) is 42.9 Å². The Hall–Kier alpha value is -0.600. The Morgan fingerprint density at radius 1 is 1.44 bits per heavy atom. The van der Waals surface area contributed by atoms with Crippen LogP contribution >= 0.6 is 11.6 Å². The van der Waals surface area contributed by atoms with Crippen LogP contribution in [-0.2, 0) is 6.42 Å². The summed E-state index contributed by atoms with van der Waals surface area (Å²) >= 11 is 5.64. The Morgan fingerprint density at radius 3 is 2.56 bits per heavy atom. The molecule has 0 saturated carbocycles. The van der Waals surface area contributed by atoms with Crippen molar-refractivity contribution < 1.29 is 4.39 Å². The molecule has 0 heterocycles. The average Bonchev–Trinajstić information content (AvgIpc) is 2.08. The Labute approximate surface area is 102 Å². The summed E-state index contributed by atoms with van der Waals surface area (Å²) in [7, 11) is 0. The maximum Gasteiger partial charge on any atom is 0.142 e. The van der Waals surface area contributed by atoms with Crippen molar-refractivity contribution in [1.29, 1.82) is 0 Å². The molecule has 0 saturated heterocycles. The first-order valence-electron chi connectivity index (χ1n) is 5.50. The molecule has 1 unspecified atom stereocenters. The van der Waals surface area contributed by atoms with Crippen molar-refractivity contribution in [3.63, 3.8) is 0 Å². The number of rotatable bonds is 4. The van der Waals surface area contributed by atoms with Crippen molar-refractivity contribution in [1.82, 2.24) is 0 Å². The van der Waals surface area contributed by atoms with Crippen LogP contribution in [0.5, 0.6) is 0 Å². The predicted octanol–water partition coefficient (Wildman–Crippen LogP) is 3.79. The molecule has 90 valence electrons. The second kappa shape index (κ2) is 5.15. The van der Waals surface area contributed by atoms with Crippen LogP contribution in [0.1, 0.15) is 32.8 Å². The van der Waals surface area contributed by atoms with E-state index in [2.05, 4.69) is 13.8 Å². The molecule has 1 aromatic carbocycles. The second-order valence-corrected chi connectivity index (χ2v) is 5.68. The minimum atomic E-state index is -0.351. The summed E-state index contributed by atoms with van der Waals surface area (Å²) in [6.07, 6.45) is 1.72. The smallest absolute Gasteiger partial charge is 0.142 e. The molecule has 2 N–H and O–H groups in total. The largest absolute Gasteiger partial charge is 0.328 e. The molecule has 0 bridgehead atoms. The Balaban J connectivity index is 2.76. The van der Waals surface area contributed by atoms with E-state index in [1.54, 1.807) is 6.07 Å². The van der Waals surface area contributed by atoms with Crippen molar-refractivity contribution in [2.75, 3.05) is 0 Å². The van der Waals surface area contributed by atoms with Crippen LogP contribution in [0, 0.1) is 11.2 Å². The van der Waals surface area contributed by atoms with Crippen molar-refractivity contribution in [2.24, 2.45) is 11.1 Å². The van der Waals surface area contributed by atoms with Gasteiger partial charge in [-0.3, -0.25) is 0 Å². The van der Waals surface area contributed by atoms with Crippen molar-refractivity contribution in [2.45, 2.75) is 39.7 Å². The molecular formula is C13H19ClFN. The van der Waals surface area contributed by atoms with Gasteiger partial charge in [0.2, 0.25) is 0 Å². The Bertz CT molecular complexity index is 361. The lowest BCUT2D eigenvalue weighted by Crippen LogP contribution is -2.26. The highest BCUT2D eigenvalue weighted by Crippen LogP contribution is 2.28. The zero-order chi connectivity index (χ0) is 12.3. The molecule has 1 rings (SSSR count). The van der Waals surface area contributed by atoms with Crippen LogP contribution in [-0.4, -0.2) is 6.04 Å². The van der Waals surface area contributed by atoms with E-state index in [0.29, 0.717) is 0 Å². The average molecular weight is 244 g/mol. The number of benzene rings is 1. The third kappa shape index (κ3) is 4.11. The summed E-state index contributed by atoms with van der Waals surface area (Å²) in [6.45, 7) is 6.27. The molecule has 0 radical (unpaired) electrons. The van der Waals surface area contributed by atoms with Gasteiger partial charge in [0.15, 0.2) is 0 Å². The van der Waals surface area contributed by atoms with E-state index in [-0.39, 0.29) is 22.3 Å². The third-order valence-electron chi connectivity index (χ3n) is 2.54. The van der Waals surface area contributed by atoms with E-state index >= 15 is 0 Å². The molecule has 0 aromatic heterocycles. The second-order valence-electron chi connectivity index (χ2n) is 5.27. The molecule has 0 amide bonds. The third-order valence-corrected chi connectivity index (χ3v) is 2.85. The van der Waals surface area contributed by atoms with E-state index in [1.165, 1.54) is 6.07 Å². The molecule has 1 nitrogen and oxygen atoms in total. The highest BCUT2D eigenvalue weighted by Gasteiger charge is 2.20. The van der Waals surface area contributed by atoms with Gasteiger partial charge in [-0.1, -0.05) is 31.5 Å². The highest BCUT2D eigenvalue weighted by molar-refractivity contribution is 6.30. The first kappa shape index (κ1) is 13.5. The van der Waals surface area contributed by atoms with Gasteiger partial charge in [0.1, 0.15) is 5.82 Å². The minimum Gasteiger partial charge on any atom is -0.328 e. The lowest BCUT2D eigenvalue weighted by Gasteiger charge is -2.26. The summed E-state index contributed by atoms with van der Waals surface area (Å²) in [5.41, 5.74) is 6.83. The molecule has 0 aliphatic rings. The van der Waals surface area contributed by atoms with E-state index in [1.807, 2.05) is 13.0 Å². The molecule has 16 heavy (non-hydrogen) atoms. The molecule has 0 fully saturated rings. The van der Waals surface area contributed by atoms with Gasteiger partial charge in [-0.15, -0.1) is 0 Å². The van der Waals surface area contributed by atoms with Crippen molar-refractivity contribution >= 4 is 11.6 Å². The molecule has 0 aliphatic carbocycles. The van der Waals surface area contributed by atoms with Crippen LogP contribution in [0.25, 0.3) is 0 Å². The predicted molar refractivity (Wildman–Crippen MR) is 67.2 cm³/mol. The van der Waals surface area contributed by atoms with Gasteiger partial charge >= 0.3 is 0 Å². The van der Waals surface area contributed by atoms with Crippen LogP contribution in [0.3, 0.4) is 0 Å². The number of nitrogens with two attached hydrogens (primary N) is 1. The van der Waals surface area contributed by atoms with Gasteiger partial charge in [0, 0.05) is 6.04 Å². The van der Waals surface area contributed by atoms with Crippen LogP contribution in [0.2, 0.25) is 5.02 Å². The summed E-state index contributed by atoms with van der Waals surface area (Å²) in [4.78, 5) is 0. The van der Waals surface area contributed by atoms with E-state index in [0.717, 1.165) is 18.4 Å². The quantitative estimate of drug-likeness (QED) is 0.856. The summed E-state index contributed by atoms with van der Waals surface area (Å²) in [5, 5.41) is 0.175. The van der Waals surface area contributed by atoms with Gasteiger partial charge in [-0.25, -0.2) is 4.39 Å². The number of hydrogen-bond donors (Lipinski definition) is 1. The van der Waals surface area contributed by atoms with Gasteiger partial charge in [0.25, 0.3) is 0 Å². The lowest BCUT2D eigenvalue weighted by atomic mass is 9.80. The standard InChI is InChI=1S/C13H19ClFN/c1-9(16)7-13(2,3)8-10-4-5-11(14)12(15)6-10/h4-6,9H,7-8,16H2,1-3H3. The topological polar surface area (TPSA) is 26.0 Å². The number of hydrogen-bond acceptors (Lipinski definition) is 1. The van der Waals surface area contributed by atoms with Crippen LogP contribution < -0.4 is 5.73 Å². The van der Waals surface area contributed by atoms with Gasteiger partial charge in [0.05, 0.1) is 5.02 Å². The molecule has 1 atom stereocenters. The molecule has 3 heteroatoms. The first-order chi connectivity index (χ1) is 7.30. The maximum atomic E-state index is 13.3. The molecule has 0 spiro atoms. The molecule has 0 aliphatic heterocycles. The molecular weight excluding hydrogens is 225 g/mol. The summed E-state index contributed by atoms with van der Waals surface area (Å²) in [6, 6.07) is 5.14. The van der Waals surface area contributed by atoms with Crippen molar-refractivity contribution in [3.8, 4) is 0 Å². The fourth-order valence-electron chi connectivity index (χ4n) is 2.15. The molecule has 1 aromatic rings. The Kier molecular flexibility index (Phi) is 4.34. The fourth-order valence-corrected chi connectivity index (χ4v) is 2.26. The van der Waals surface area contributed by atoms with Crippen LogP contribution in [0.15, 0.2) is 18.2 Å². The monoisotopic (exact) mass is 243 g/mol. The van der Waals surface area contributed by atoms with Crippen LogP contribution in [0.4, 0.5) is 4.39 Å². The Morgan fingerprint density at radius 2 is 2.06 bits per heavy atom. The fraction of sp³-hybridized carbons (Fsp3) is 0.538. The highest BCUT2D eigenvalue weighted by atomic mass is 35.5. The lowest BCUT2D eigenvalue weighted by molar-refractivity contribution is 0.309. The van der Waals surface area contributed by atoms with E-state index in [4.69, 9.17) is 17.3 Å². The summed E-state index contributed by atoms with van der Waals surface area (Å²) < 4.78 is 13.3. The number of halogens is 2. The van der Waals surface area contributed by atoms with Crippen molar-refractivity contribution in [3.05, 3.63) is 34.6 Å². The summed E-state index contributed by atoms with van der Waals surface area (Å²) in [5.74, 6) is -0.351. The van der Waals surface area contributed by atoms with E-state index in [9.17, 15) is 4.39 Å². The van der Waals surface area contributed by atoms with E-state index < -0.39 is 0 Å². The zero-order valence-electron chi connectivity index (χ0n) is 10.1. The first-order valence-corrected chi connectivity index (χ1v) is 5.87. The zero-order valence-corrected chi connectivity index (χ0v) is 10.8. The minimum absolute atomic E-state index is 0.0778. The maximum absolute atomic E-state index is 13.3.